The second kappa shape index (κ2) is 11.4. The van der Waals surface area contributed by atoms with Gasteiger partial charge in [0.2, 0.25) is 5.82 Å². The van der Waals surface area contributed by atoms with Crippen molar-refractivity contribution in [2.75, 3.05) is 53.0 Å². The van der Waals surface area contributed by atoms with Crippen LogP contribution in [0, 0.1) is 12.3 Å². The predicted molar refractivity (Wildman–Crippen MR) is 155 cm³/mol. The average molecular weight is 535 g/mol. The minimum absolute atomic E-state index is 0.292. The summed E-state index contributed by atoms with van der Waals surface area (Å²) in [4.78, 5) is 7.37. The third-order valence-electron chi connectivity index (χ3n) is 6.64. The van der Waals surface area contributed by atoms with Gasteiger partial charge in [0.25, 0.3) is 0 Å². The number of fused-ring (bicyclic) bond motifs is 1. The number of aromatic nitrogens is 3. The molecule has 0 N–H and O–H groups in total. The number of hydrogen-bond donors (Lipinski definition) is 0. The van der Waals surface area contributed by atoms with Crippen molar-refractivity contribution in [2.45, 2.75) is 34.6 Å². The van der Waals surface area contributed by atoms with E-state index >= 15 is 0 Å². The molecule has 3 aromatic rings. The van der Waals surface area contributed by atoms with Crippen molar-refractivity contribution in [3.05, 3.63) is 41.7 Å². The zero-order valence-corrected chi connectivity index (χ0v) is 24.3. The quantitative estimate of drug-likeness (QED) is 0.356. The van der Waals surface area contributed by atoms with E-state index in [0.717, 1.165) is 35.7 Å². The van der Waals surface area contributed by atoms with Crippen LogP contribution in [0.3, 0.4) is 0 Å². The molecule has 0 radical (unpaired) electrons. The molecule has 1 aliphatic rings. The summed E-state index contributed by atoms with van der Waals surface area (Å²) in [5, 5.41) is 14.0. The Labute approximate surface area is 230 Å². The number of benzene rings is 2. The van der Waals surface area contributed by atoms with E-state index in [2.05, 4.69) is 61.8 Å². The molecule has 1 aliphatic heterocycles. The smallest absolute Gasteiger partial charge is 0.205 e. The highest BCUT2D eigenvalue weighted by Crippen LogP contribution is 2.42. The number of aliphatic imine (C=N–C) groups is 1. The van der Waals surface area contributed by atoms with Gasteiger partial charge in [0.05, 0.1) is 44.9 Å². The topological polar surface area (TPSA) is 95.6 Å². The van der Waals surface area contributed by atoms with Crippen molar-refractivity contribution in [3.63, 3.8) is 0 Å². The first-order valence-electron chi connectivity index (χ1n) is 13.0. The largest absolute Gasteiger partial charge is 0.497 e. The van der Waals surface area contributed by atoms with Crippen molar-refractivity contribution in [2.24, 2.45) is 15.5 Å². The highest BCUT2D eigenvalue weighted by molar-refractivity contribution is 6.50. The molecule has 0 aliphatic carbocycles. The Hall–Kier alpha value is -3.92. The van der Waals surface area contributed by atoms with E-state index in [9.17, 15) is 0 Å². The second-order valence-electron chi connectivity index (χ2n) is 10.3. The third-order valence-corrected chi connectivity index (χ3v) is 6.64. The van der Waals surface area contributed by atoms with E-state index in [1.54, 1.807) is 39.2 Å². The minimum atomic E-state index is -0.292. The van der Waals surface area contributed by atoms with Crippen LogP contribution in [0.2, 0.25) is 0 Å². The number of methoxy groups -OCH3 is 4. The summed E-state index contributed by atoms with van der Waals surface area (Å²) in [6.07, 6.45) is 0. The maximum absolute atomic E-state index is 5.69. The number of likely N-dealkylation sites (N-methyl/N-ethyl adjacent to an activating group) is 1. The maximum Gasteiger partial charge on any atom is 0.205 e. The number of aryl methyl sites for hydroxylation is 1. The van der Waals surface area contributed by atoms with Gasteiger partial charge in [-0.05, 0) is 43.7 Å². The van der Waals surface area contributed by atoms with Gasteiger partial charge >= 0.3 is 0 Å². The number of hydrogen-bond acceptors (Lipinski definition) is 9. The molecule has 208 valence electrons. The van der Waals surface area contributed by atoms with Gasteiger partial charge in [0.1, 0.15) is 11.5 Å². The first-order valence-corrected chi connectivity index (χ1v) is 13.0. The number of anilines is 1. The van der Waals surface area contributed by atoms with Crippen LogP contribution in [0.25, 0.3) is 11.4 Å². The van der Waals surface area contributed by atoms with E-state index in [1.807, 2.05) is 12.1 Å². The van der Waals surface area contributed by atoms with Crippen LogP contribution in [-0.2, 0) is 4.74 Å². The molecule has 4 rings (SSSR count). The Morgan fingerprint density at radius 3 is 2.28 bits per heavy atom. The molecule has 0 spiro atoms. The van der Waals surface area contributed by atoms with Crippen LogP contribution in [0.5, 0.6) is 17.2 Å². The van der Waals surface area contributed by atoms with E-state index in [-0.39, 0.29) is 5.41 Å². The number of ether oxygens (including phenoxy) is 4. The molecule has 1 aromatic heterocycles. The average Bonchev–Trinajstić information content (AvgIpc) is 3.49. The molecule has 0 atom stereocenters. The fraction of sp³-hybridized carbons (Fsp3) is 0.448. The second-order valence-corrected chi connectivity index (χ2v) is 10.3. The molecule has 0 amide bonds. The molecule has 2 heterocycles. The van der Waals surface area contributed by atoms with E-state index in [1.165, 1.54) is 0 Å². The molecule has 0 saturated heterocycles. The minimum Gasteiger partial charge on any atom is -0.497 e. The van der Waals surface area contributed by atoms with E-state index in [4.69, 9.17) is 29.0 Å². The first-order chi connectivity index (χ1) is 18.7. The van der Waals surface area contributed by atoms with Crippen molar-refractivity contribution in [1.82, 2.24) is 14.9 Å². The monoisotopic (exact) mass is 534 g/mol. The Balaban J connectivity index is 1.83. The van der Waals surface area contributed by atoms with Gasteiger partial charge in [0, 0.05) is 37.4 Å². The summed E-state index contributed by atoms with van der Waals surface area (Å²) >= 11 is 0. The Morgan fingerprint density at radius 1 is 0.949 bits per heavy atom. The van der Waals surface area contributed by atoms with Gasteiger partial charge in [-0.1, -0.05) is 20.8 Å². The summed E-state index contributed by atoms with van der Waals surface area (Å²) in [7, 11) is 6.50. The standard InChI is InChI=1S/C29H38N6O4/c1-10-34(13-14-36-6)19-11-12-22(18(2)15-19)30-24-26(29(3,4)5)33-35-27(31-32-28(24)35)21-16-20(37-7)17-23(38-8)25(21)39-9/h11-12,15-17H,10,13-14H2,1-9H3. The normalized spacial score (nSPS) is 13.9. The fourth-order valence-electron chi connectivity index (χ4n) is 4.53. The van der Waals surface area contributed by atoms with E-state index in [0.29, 0.717) is 46.8 Å². The Bertz CT molecular complexity index is 1400. The summed E-state index contributed by atoms with van der Waals surface area (Å²) < 4.78 is 23.7. The summed E-state index contributed by atoms with van der Waals surface area (Å²) in [5.74, 6) is 2.73. The molecule has 10 nitrogen and oxygen atoms in total. The van der Waals surface area contributed by atoms with E-state index < -0.39 is 0 Å². The molecular weight excluding hydrogens is 496 g/mol. The molecule has 2 aromatic carbocycles. The summed E-state index contributed by atoms with van der Waals surface area (Å²) in [5.41, 5.74) is 4.92. The van der Waals surface area contributed by atoms with Gasteiger partial charge < -0.3 is 23.8 Å². The van der Waals surface area contributed by atoms with Gasteiger partial charge in [-0.25, -0.2) is 4.99 Å². The van der Waals surface area contributed by atoms with Crippen molar-refractivity contribution < 1.29 is 18.9 Å². The van der Waals surface area contributed by atoms with Gasteiger partial charge in [-0.3, -0.25) is 0 Å². The van der Waals surface area contributed by atoms with Crippen LogP contribution < -0.4 is 19.1 Å². The summed E-state index contributed by atoms with van der Waals surface area (Å²) in [6.45, 7) is 12.9. The number of rotatable bonds is 10. The molecule has 0 fully saturated rings. The van der Waals surface area contributed by atoms with Gasteiger partial charge in [-0.2, -0.15) is 9.78 Å². The van der Waals surface area contributed by atoms with Crippen LogP contribution in [-0.4, -0.2) is 74.4 Å². The van der Waals surface area contributed by atoms with Crippen molar-refractivity contribution >= 4 is 22.8 Å². The van der Waals surface area contributed by atoms with Gasteiger partial charge in [0.15, 0.2) is 17.3 Å². The highest BCUT2D eigenvalue weighted by Gasteiger charge is 2.36. The number of nitrogens with zero attached hydrogens (tertiary/aromatic N) is 6. The van der Waals surface area contributed by atoms with Crippen molar-refractivity contribution in [1.29, 1.82) is 0 Å². The molecule has 0 bridgehead atoms. The zero-order valence-electron chi connectivity index (χ0n) is 24.3. The van der Waals surface area contributed by atoms with Crippen LogP contribution in [0.15, 0.2) is 40.4 Å². The van der Waals surface area contributed by atoms with Crippen molar-refractivity contribution in [3.8, 4) is 28.6 Å². The maximum atomic E-state index is 5.69. The Morgan fingerprint density at radius 2 is 1.69 bits per heavy atom. The third kappa shape index (κ3) is 5.47. The van der Waals surface area contributed by atoms with Gasteiger partial charge in [-0.15, -0.1) is 10.2 Å². The highest BCUT2D eigenvalue weighted by atomic mass is 16.5. The molecule has 0 unspecified atom stereocenters. The zero-order chi connectivity index (χ0) is 28.3. The molecule has 39 heavy (non-hydrogen) atoms. The SMILES string of the molecule is CCN(CCOC)c1ccc(N=C2C(C(C)(C)C)=Nn3c2nnc3-c2cc(OC)cc(OC)c2OC)c(C)c1. The lowest BCUT2D eigenvalue weighted by atomic mass is 9.87. The van der Waals surface area contributed by atoms with Crippen LogP contribution in [0.4, 0.5) is 11.4 Å². The molecule has 10 heteroatoms. The van der Waals surface area contributed by atoms with Crippen LogP contribution >= 0.6 is 0 Å². The van der Waals surface area contributed by atoms with Crippen LogP contribution in [0.1, 0.15) is 39.1 Å². The molecular formula is C29H38N6O4. The lowest BCUT2D eigenvalue weighted by Crippen LogP contribution is -2.27. The fourth-order valence-corrected chi connectivity index (χ4v) is 4.53. The first kappa shape index (κ1) is 28.1. The predicted octanol–water partition coefficient (Wildman–Crippen LogP) is 5.14. The molecule has 0 saturated carbocycles. The Kier molecular flexibility index (Phi) is 8.25. The lowest BCUT2D eigenvalue weighted by molar-refractivity contribution is 0.205. The summed E-state index contributed by atoms with van der Waals surface area (Å²) in [6, 6.07) is 9.90. The lowest BCUT2D eigenvalue weighted by Gasteiger charge is -2.23.